The van der Waals surface area contributed by atoms with Crippen LogP contribution in [0.1, 0.15) is 17.0 Å². The number of aromatic nitrogens is 4. The highest BCUT2D eigenvalue weighted by molar-refractivity contribution is 5.51. The minimum absolute atomic E-state index is 0.730. The SMILES string of the molecule is Cc1n[nH]c(C)c1NCc1cnn(-c2ccccc2)c1. The van der Waals surface area contributed by atoms with Crippen LogP contribution in [0.5, 0.6) is 0 Å². The fourth-order valence-electron chi connectivity index (χ4n) is 2.18. The monoisotopic (exact) mass is 267 g/mol. The molecule has 0 unspecified atom stereocenters. The number of hydrogen-bond acceptors (Lipinski definition) is 3. The molecule has 102 valence electrons. The fourth-order valence-corrected chi connectivity index (χ4v) is 2.18. The summed E-state index contributed by atoms with van der Waals surface area (Å²) in [6, 6.07) is 10.1. The van der Waals surface area contributed by atoms with E-state index in [-0.39, 0.29) is 0 Å². The van der Waals surface area contributed by atoms with Crippen LogP contribution in [0.2, 0.25) is 0 Å². The van der Waals surface area contributed by atoms with Crippen molar-refractivity contribution in [3.8, 4) is 5.69 Å². The standard InChI is InChI=1S/C15H17N5/c1-11-15(12(2)19-18-11)16-8-13-9-17-20(10-13)14-6-4-3-5-7-14/h3-7,9-10,16H,8H2,1-2H3,(H,18,19). The van der Waals surface area contributed by atoms with Crippen molar-refractivity contribution >= 4 is 5.69 Å². The highest BCUT2D eigenvalue weighted by Gasteiger charge is 2.06. The van der Waals surface area contributed by atoms with E-state index in [9.17, 15) is 0 Å². The van der Waals surface area contributed by atoms with Crippen LogP contribution >= 0.6 is 0 Å². The van der Waals surface area contributed by atoms with Crippen molar-refractivity contribution in [1.82, 2.24) is 20.0 Å². The van der Waals surface area contributed by atoms with Crippen molar-refractivity contribution in [1.29, 1.82) is 0 Å². The maximum absolute atomic E-state index is 4.38. The van der Waals surface area contributed by atoms with Crippen molar-refractivity contribution < 1.29 is 0 Å². The van der Waals surface area contributed by atoms with Gasteiger partial charge in [-0.2, -0.15) is 10.2 Å². The first-order chi connectivity index (χ1) is 9.74. The molecule has 3 rings (SSSR count). The minimum Gasteiger partial charge on any atom is -0.378 e. The number of nitrogens with one attached hydrogen (secondary N) is 2. The van der Waals surface area contributed by atoms with E-state index in [2.05, 4.69) is 20.6 Å². The average Bonchev–Trinajstić information content (AvgIpc) is 3.06. The number of nitrogens with zero attached hydrogens (tertiary/aromatic N) is 3. The molecule has 0 atom stereocenters. The molecule has 0 saturated heterocycles. The molecular formula is C15H17N5. The van der Waals surface area contributed by atoms with E-state index < -0.39 is 0 Å². The van der Waals surface area contributed by atoms with Crippen LogP contribution in [0.3, 0.4) is 0 Å². The van der Waals surface area contributed by atoms with Gasteiger partial charge in [0.15, 0.2) is 0 Å². The maximum atomic E-state index is 4.38. The Labute approximate surface area is 117 Å². The molecular weight excluding hydrogens is 250 g/mol. The number of para-hydroxylation sites is 1. The Hall–Kier alpha value is -2.56. The topological polar surface area (TPSA) is 58.5 Å². The van der Waals surface area contributed by atoms with E-state index in [0.29, 0.717) is 0 Å². The molecule has 0 aliphatic heterocycles. The summed E-state index contributed by atoms with van der Waals surface area (Å²) >= 11 is 0. The van der Waals surface area contributed by atoms with Crippen LogP contribution in [-0.2, 0) is 6.54 Å². The molecule has 5 heteroatoms. The molecule has 0 bridgehead atoms. The summed E-state index contributed by atoms with van der Waals surface area (Å²) in [5.74, 6) is 0. The smallest absolute Gasteiger partial charge is 0.0825 e. The summed E-state index contributed by atoms with van der Waals surface area (Å²) in [5, 5.41) is 14.9. The first-order valence-electron chi connectivity index (χ1n) is 6.58. The number of rotatable bonds is 4. The number of aromatic amines is 1. The molecule has 0 spiro atoms. The largest absolute Gasteiger partial charge is 0.378 e. The van der Waals surface area contributed by atoms with Crippen LogP contribution in [0.4, 0.5) is 5.69 Å². The predicted octanol–water partition coefficient (Wildman–Crippen LogP) is 2.82. The van der Waals surface area contributed by atoms with Gasteiger partial charge in [-0.15, -0.1) is 0 Å². The van der Waals surface area contributed by atoms with Gasteiger partial charge in [-0.1, -0.05) is 18.2 Å². The van der Waals surface area contributed by atoms with Crippen molar-refractivity contribution in [2.24, 2.45) is 0 Å². The van der Waals surface area contributed by atoms with Crippen molar-refractivity contribution in [3.05, 3.63) is 59.7 Å². The lowest BCUT2D eigenvalue weighted by Gasteiger charge is -2.04. The molecule has 2 heterocycles. The molecule has 0 aliphatic rings. The third kappa shape index (κ3) is 2.42. The molecule has 5 nitrogen and oxygen atoms in total. The van der Waals surface area contributed by atoms with E-state index in [1.165, 1.54) is 0 Å². The fraction of sp³-hybridized carbons (Fsp3) is 0.200. The van der Waals surface area contributed by atoms with E-state index in [1.54, 1.807) is 0 Å². The summed E-state index contributed by atoms with van der Waals surface area (Å²) < 4.78 is 1.88. The third-order valence-electron chi connectivity index (χ3n) is 3.25. The number of anilines is 1. The molecule has 0 amide bonds. The van der Waals surface area contributed by atoms with Crippen molar-refractivity contribution in [2.45, 2.75) is 20.4 Å². The van der Waals surface area contributed by atoms with Gasteiger partial charge in [0.05, 0.1) is 29.0 Å². The molecule has 0 fully saturated rings. The van der Waals surface area contributed by atoms with Gasteiger partial charge in [0, 0.05) is 18.3 Å². The highest BCUT2D eigenvalue weighted by atomic mass is 15.3. The maximum Gasteiger partial charge on any atom is 0.0825 e. The molecule has 2 aromatic heterocycles. The molecule has 2 N–H and O–H groups in total. The quantitative estimate of drug-likeness (QED) is 0.764. The second-order valence-corrected chi connectivity index (χ2v) is 4.79. The highest BCUT2D eigenvalue weighted by Crippen LogP contribution is 2.17. The Morgan fingerprint density at radius 2 is 2.00 bits per heavy atom. The van der Waals surface area contributed by atoms with Gasteiger partial charge in [-0.05, 0) is 26.0 Å². The molecule has 0 saturated carbocycles. The van der Waals surface area contributed by atoms with Crippen LogP contribution in [0, 0.1) is 13.8 Å². The zero-order chi connectivity index (χ0) is 13.9. The summed E-state index contributed by atoms with van der Waals surface area (Å²) in [7, 11) is 0. The van der Waals surface area contributed by atoms with Gasteiger partial charge < -0.3 is 5.32 Å². The number of benzene rings is 1. The minimum atomic E-state index is 0.730. The molecule has 0 aliphatic carbocycles. The third-order valence-corrected chi connectivity index (χ3v) is 3.25. The van der Waals surface area contributed by atoms with E-state index in [0.717, 1.165) is 34.9 Å². The van der Waals surface area contributed by atoms with Crippen LogP contribution in [-0.4, -0.2) is 20.0 Å². The normalized spacial score (nSPS) is 10.7. The Morgan fingerprint density at radius 3 is 2.70 bits per heavy atom. The van der Waals surface area contributed by atoms with Gasteiger partial charge >= 0.3 is 0 Å². The predicted molar refractivity (Wildman–Crippen MR) is 79.0 cm³/mol. The van der Waals surface area contributed by atoms with Crippen molar-refractivity contribution in [2.75, 3.05) is 5.32 Å². The lowest BCUT2D eigenvalue weighted by Crippen LogP contribution is -2.00. The van der Waals surface area contributed by atoms with Crippen LogP contribution < -0.4 is 5.32 Å². The van der Waals surface area contributed by atoms with Gasteiger partial charge in [-0.25, -0.2) is 4.68 Å². The van der Waals surface area contributed by atoms with Crippen LogP contribution in [0.25, 0.3) is 5.69 Å². The number of aryl methyl sites for hydroxylation is 2. The lowest BCUT2D eigenvalue weighted by molar-refractivity contribution is 0.880. The number of hydrogen-bond donors (Lipinski definition) is 2. The molecule has 1 aromatic carbocycles. The summed E-state index contributed by atoms with van der Waals surface area (Å²) in [6.07, 6.45) is 3.91. The summed E-state index contributed by atoms with van der Waals surface area (Å²) in [6.45, 7) is 4.73. The Bertz CT molecular complexity index is 677. The zero-order valence-electron chi connectivity index (χ0n) is 11.6. The van der Waals surface area contributed by atoms with Gasteiger partial charge in [0.2, 0.25) is 0 Å². The zero-order valence-corrected chi connectivity index (χ0v) is 11.6. The number of H-pyrrole nitrogens is 1. The Morgan fingerprint density at radius 1 is 1.20 bits per heavy atom. The summed E-state index contributed by atoms with van der Waals surface area (Å²) in [4.78, 5) is 0. The lowest BCUT2D eigenvalue weighted by atomic mass is 10.3. The van der Waals surface area contributed by atoms with E-state index in [4.69, 9.17) is 0 Å². The summed E-state index contributed by atoms with van der Waals surface area (Å²) in [5.41, 5.74) is 5.30. The van der Waals surface area contributed by atoms with Crippen LogP contribution in [0.15, 0.2) is 42.7 Å². The second-order valence-electron chi connectivity index (χ2n) is 4.79. The molecule has 20 heavy (non-hydrogen) atoms. The molecule has 3 aromatic rings. The first-order valence-corrected chi connectivity index (χ1v) is 6.58. The molecule has 0 radical (unpaired) electrons. The first kappa shape index (κ1) is 12.5. The van der Waals surface area contributed by atoms with Gasteiger partial charge in [-0.3, -0.25) is 5.10 Å². The second kappa shape index (κ2) is 5.21. The van der Waals surface area contributed by atoms with Gasteiger partial charge in [0.1, 0.15) is 0 Å². The van der Waals surface area contributed by atoms with E-state index >= 15 is 0 Å². The van der Waals surface area contributed by atoms with Crippen molar-refractivity contribution in [3.63, 3.8) is 0 Å². The van der Waals surface area contributed by atoms with E-state index in [1.807, 2.05) is 61.3 Å². The Kier molecular flexibility index (Phi) is 3.25. The van der Waals surface area contributed by atoms with Gasteiger partial charge in [0.25, 0.3) is 0 Å². The Balaban J connectivity index is 1.72. The average molecular weight is 267 g/mol.